The first-order chi connectivity index (χ1) is 11.5. The molecule has 132 valence electrons. The minimum atomic E-state index is -0.228. The van der Waals surface area contributed by atoms with Crippen LogP contribution in [0.3, 0.4) is 0 Å². The second kappa shape index (κ2) is 9.12. The van der Waals surface area contributed by atoms with Crippen molar-refractivity contribution in [2.75, 3.05) is 25.1 Å². The molecule has 7 nitrogen and oxygen atoms in total. The monoisotopic (exact) mass is 335 g/mol. The zero-order valence-electron chi connectivity index (χ0n) is 14.1. The average molecular weight is 335 g/mol. The topological polar surface area (TPSA) is 88.7 Å². The second-order valence-electron chi connectivity index (χ2n) is 5.80. The number of benzene rings is 1. The van der Waals surface area contributed by atoms with E-state index in [2.05, 4.69) is 16.0 Å². The Morgan fingerprint density at radius 3 is 2.96 bits per heavy atom. The molecule has 0 unspecified atom stereocenters. The largest absolute Gasteiger partial charge is 0.492 e. The second-order valence-corrected chi connectivity index (χ2v) is 5.80. The normalized spacial score (nSPS) is 17.8. The van der Waals surface area contributed by atoms with Crippen molar-refractivity contribution >= 4 is 17.6 Å². The Balaban J connectivity index is 1.65. The maximum Gasteiger partial charge on any atom is 0.315 e. The molecule has 2 atom stereocenters. The number of anilines is 1. The number of rotatable bonds is 7. The van der Waals surface area contributed by atoms with Crippen LogP contribution in [0.2, 0.25) is 0 Å². The minimum absolute atomic E-state index is 0.0113. The van der Waals surface area contributed by atoms with Crippen molar-refractivity contribution < 1.29 is 19.1 Å². The lowest BCUT2D eigenvalue weighted by molar-refractivity contribution is -0.114. The fraction of sp³-hybridized carbons (Fsp3) is 0.529. The van der Waals surface area contributed by atoms with Gasteiger partial charge in [0.15, 0.2) is 0 Å². The molecular weight excluding hydrogens is 310 g/mol. The van der Waals surface area contributed by atoms with E-state index in [0.29, 0.717) is 24.6 Å². The third-order valence-corrected chi connectivity index (χ3v) is 3.69. The van der Waals surface area contributed by atoms with Gasteiger partial charge in [0, 0.05) is 25.3 Å². The van der Waals surface area contributed by atoms with Crippen molar-refractivity contribution in [1.29, 1.82) is 0 Å². The zero-order valence-corrected chi connectivity index (χ0v) is 14.1. The van der Waals surface area contributed by atoms with Gasteiger partial charge in [0.2, 0.25) is 5.91 Å². The lowest BCUT2D eigenvalue weighted by Crippen LogP contribution is -2.46. The maximum atomic E-state index is 11.8. The molecular formula is C17H25N3O4. The van der Waals surface area contributed by atoms with Gasteiger partial charge in [0.25, 0.3) is 0 Å². The van der Waals surface area contributed by atoms with Gasteiger partial charge < -0.3 is 25.4 Å². The third-order valence-electron chi connectivity index (χ3n) is 3.69. The van der Waals surface area contributed by atoms with E-state index in [-0.39, 0.29) is 24.1 Å². The van der Waals surface area contributed by atoms with Gasteiger partial charge in [-0.1, -0.05) is 6.07 Å². The molecule has 1 heterocycles. The Morgan fingerprint density at radius 2 is 2.25 bits per heavy atom. The number of urea groups is 1. The molecule has 0 aliphatic carbocycles. The van der Waals surface area contributed by atoms with Gasteiger partial charge in [-0.05, 0) is 31.9 Å². The number of ether oxygens (including phenoxy) is 2. The molecule has 1 aliphatic heterocycles. The van der Waals surface area contributed by atoms with E-state index in [1.165, 1.54) is 6.92 Å². The van der Waals surface area contributed by atoms with E-state index in [1.807, 2.05) is 6.92 Å². The molecule has 3 amide bonds. The Hall–Kier alpha value is -2.28. The van der Waals surface area contributed by atoms with Gasteiger partial charge in [-0.2, -0.15) is 0 Å². The fourth-order valence-corrected chi connectivity index (χ4v) is 2.55. The van der Waals surface area contributed by atoms with Gasteiger partial charge in [-0.25, -0.2) is 4.79 Å². The van der Waals surface area contributed by atoms with Crippen LogP contribution in [0.1, 0.15) is 26.7 Å². The molecule has 1 fully saturated rings. The van der Waals surface area contributed by atoms with E-state index < -0.39 is 0 Å². The first-order valence-electron chi connectivity index (χ1n) is 8.21. The molecule has 0 spiro atoms. The summed E-state index contributed by atoms with van der Waals surface area (Å²) < 4.78 is 11.1. The highest BCUT2D eigenvalue weighted by molar-refractivity contribution is 5.88. The third kappa shape index (κ3) is 6.08. The Morgan fingerprint density at radius 1 is 1.42 bits per heavy atom. The molecule has 0 saturated carbocycles. The number of nitrogens with one attached hydrogen (secondary N) is 3. The molecule has 0 radical (unpaired) electrons. The van der Waals surface area contributed by atoms with Crippen LogP contribution < -0.4 is 20.7 Å². The molecule has 7 heteroatoms. The van der Waals surface area contributed by atoms with Crippen LogP contribution in [0.5, 0.6) is 5.75 Å². The highest BCUT2D eigenvalue weighted by Gasteiger charge is 2.23. The summed E-state index contributed by atoms with van der Waals surface area (Å²) in [7, 11) is 0. The first kappa shape index (κ1) is 18.1. The summed E-state index contributed by atoms with van der Waals surface area (Å²) in [5.74, 6) is 0.502. The van der Waals surface area contributed by atoms with Crippen LogP contribution in [0.25, 0.3) is 0 Å². The molecule has 1 saturated heterocycles. The van der Waals surface area contributed by atoms with E-state index in [0.717, 1.165) is 19.4 Å². The smallest absolute Gasteiger partial charge is 0.315 e. The van der Waals surface area contributed by atoms with Crippen molar-refractivity contribution in [1.82, 2.24) is 10.6 Å². The van der Waals surface area contributed by atoms with Gasteiger partial charge in [0.05, 0.1) is 18.7 Å². The SMILES string of the molecule is CC(=O)Nc1cccc(OCCNC(=O)N[C@H](C)[C@H]2CCCO2)c1. The van der Waals surface area contributed by atoms with Crippen molar-refractivity contribution in [2.24, 2.45) is 0 Å². The lowest BCUT2D eigenvalue weighted by Gasteiger charge is -2.20. The van der Waals surface area contributed by atoms with E-state index in [1.54, 1.807) is 24.3 Å². The predicted molar refractivity (Wildman–Crippen MR) is 91.2 cm³/mol. The number of carbonyl (C=O) groups is 2. The van der Waals surface area contributed by atoms with Crippen molar-refractivity contribution in [3.63, 3.8) is 0 Å². The Labute approximate surface area is 142 Å². The molecule has 0 aromatic heterocycles. The first-order valence-corrected chi connectivity index (χ1v) is 8.21. The Bertz CT molecular complexity index is 559. The van der Waals surface area contributed by atoms with Gasteiger partial charge in [0.1, 0.15) is 12.4 Å². The van der Waals surface area contributed by atoms with Gasteiger partial charge in [-0.3, -0.25) is 4.79 Å². The van der Waals surface area contributed by atoms with E-state index in [9.17, 15) is 9.59 Å². The number of carbonyl (C=O) groups excluding carboxylic acids is 2. The molecule has 3 N–H and O–H groups in total. The van der Waals surface area contributed by atoms with Crippen LogP contribution >= 0.6 is 0 Å². The number of hydrogen-bond acceptors (Lipinski definition) is 4. The maximum absolute atomic E-state index is 11.8. The summed E-state index contributed by atoms with van der Waals surface area (Å²) in [6.45, 7) is 4.89. The Kier molecular flexibility index (Phi) is 6.87. The molecule has 2 rings (SSSR count). The van der Waals surface area contributed by atoms with Gasteiger partial charge >= 0.3 is 6.03 Å². The fourth-order valence-electron chi connectivity index (χ4n) is 2.55. The summed E-state index contributed by atoms with van der Waals surface area (Å²) in [4.78, 5) is 22.8. The summed E-state index contributed by atoms with van der Waals surface area (Å²) in [5.41, 5.74) is 0.677. The van der Waals surface area contributed by atoms with Crippen LogP contribution in [0, 0.1) is 0 Å². The molecule has 0 bridgehead atoms. The highest BCUT2D eigenvalue weighted by atomic mass is 16.5. The number of amides is 3. The van der Waals surface area contributed by atoms with Crippen LogP contribution in [-0.4, -0.2) is 43.8 Å². The van der Waals surface area contributed by atoms with E-state index >= 15 is 0 Å². The average Bonchev–Trinajstić information content (AvgIpc) is 3.06. The predicted octanol–water partition coefficient (Wildman–Crippen LogP) is 1.89. The standard InChI is InChI=1S/C17H25N3O4/c1-12(16-7-4-9-24-16)19-17(22)18-8-10-23-15-6-3-5-14(11-15)20-13(2)21/h3,5-6,11-12,16H,4,7-10H2,1-2H3,(H,20,21)(H2,18,19,22)/t12-,16-/m1/s1. The van der Waals surface area contributed by atoms with Crippen molar-refractivity contribution in [3.05, 3.63) is 24.3 Å². The molecule has 24 heavy (non-hydrogen) atoms. The van der Waals surface area contributed by atoms with Crippen molar-refractivity contribution in [2.45, 2.75) is 38.8 Å². The molecule has 1 aliphatic rings. The van der Waals surface area contributed by atoms with Crippen LogP contribution in [0.4, 0.5) is 10.5 Å². The summed E-state index contributed by atoms with van der Waals surface area (Å²) >= 11 is 0. The quantitative estimate of drug-likeness (QED) is 0.664. The van der Waals surface area contributed by atoms with Crippen LogP contribution in [0.15, 0.2) is 24.3 Å². The molecule has 1 aromatic rings. The lowest BCUT2D eigenvalue weighted by atomic mass is 10.1. The molecule has 1 aromatic carbocycles. The summed E-state index contributed by atoms with van der Waals surface area (Å²) in [5, 5.41) is 8.32. The van der Waals surface area contributed by atoms with Crippen molar-refractivity contribution in [3.8, 4) is 5.75 Å². The van der Waals surface area contributed by atoms with Gasteiger partial charge in [-0.15, -0.1) is 0 Å². The van der Waals surface area contributed by atoms with Crippen LogP contribution in [-0.2, 0) is 9.53 Å². The number of hydrogen-bond donors (Lipinski definition) is 3. The summed E-state index contributed by atoms with van der Waals surface area (Å²) in [6, 6.07) is 6.87. The minimum Gasteiger partial charge on any atom is -0.492 e. The zero-order chi connectivity index (χ0) is 17.4. The summed E-state index contributed by atoms with van der Waals surface area (Å²) in [6.07, 6.45) is 2.13. The highest BCUT2D eigenvalue weighted by Crippen LogP contribution is 2.17. The van der Waals surface area contributed by atoms with E-state index in [4.69, 9.17) is 9.47 Å².